The summed E-state index contributed by atoms with van der Waals surface area (Å²) in [5.41, 5.74) is 5.73. The van der Waals surface area contributed by atoms with Gasteiger partial charge in [-0.15, -0.1) is 0 Å². The molecule has 0 amide bonds. The van der Waals surface area contributed by atoms with Gasteiger partial charge in [0.2, 0.25) is 0 Å². The maximum atomic E-state index is 3.24. The number of rotatable bonds is 5. The second kappa shape index (κ2) is 6.18. The predicted molar refractivity (Wildman–Crippen MR) is 75.6 cm³/mol. The fraction of sp³-hybridized carbons (Fsp3) is 0.600. The number of hydrogen-bond acceptors (Lipinski definition) is 2. The largest absolute Gasteiger partial charge is 0.320 e. The first-order valence-corrected chi connectivity index (χ1v) is 6.36. The Bertz CT molecular complexity index is 369. The number of nitrogens with zero attached hydrogens (tertiary/aromatic N) is 1. The third-order valence-corrected chi connectivity index (χ3v) is 3.75. The summed E-state index contributed by atoms with van der Waals surface area (Å²) in [5, 5.41) is 3.24. The predicted octanol–water partition coefficient (Wildman–Crippen LogP) is 2.82. The highest BCUT2D eigenvalue weighted by atomic mass is 15.1. The van der Waals surface area contributed by atoms with E-state index < -0.39 is 0 Å². The Balaban J connectivity index is 3.06. The van der Waals surface area contributed by atoms with Gasteiger partial charge in [-0.3, -0.25) is 0 Å². The van der Waals surface area contributed by atoms with Crippen LogP contribution in [0.5, 0.6) is 0 Å². The summed E-state index contributed by atoms with van der Waals surface area (Å²) >= 11 is 0. The van der Waals surface area contributed by atoms with E-state index in [4.69, 9.17) is 0 Å². The molecule has 0 aliphatic rings. The van der Waals surface area contributed by atoms with Crippen LogP contribution in [0.3, 0.4) is 0 Å². The first kappa shape index (κ1) is 14.2. The van der Waals surface area contributed by atoms with E-state index in [-0.39, 0.29) is 0 Å². The lowest BCUT2D eigenvalue weighted by Gasteiger charge is -2.27. The number of nitrogens with one attached hydrogen (secondary N) is 1. The van der Waals surface area contributed by atoms with Gasteiger partial charge in [-0.1, -0.05) is 12.1 Å². The maximum Gasteiger partial charge on any atom is 0.0356 e. The Morgan fingerprint density at radius 1 is 1.12 bits per heavy atom. The topological polar surface area (TPSA) is 15.3 Å². The van der Waals surface area contributed by atoms with Crippen LogP contribution in [0.25, 0.3) is 0 Å². The maximum absolute atomic E-state index is 3.24. The number of hydrogen-bond donors (Lipinski definition) is 1. The van der Waals surface area contributed by atoms with E-state index in [1.165, 1.54) is 22.3 Å². The zero-order valence-corrected chi connectivity index (χ0v) is 12.1. The highest BCUT2D eigenvalue weighted by Gasteiger charge is 2.16. The molecule has 1 unspecified atom stereocenters. The van der Waals surface area contributed by atoms with E-state index in [2.05, 4.69) is 57.2 Å². The summed E-state index contributed by atoms with van der Waals surface area (Å²) in [4.78, 5) is 2.31. The van der Waals surface area contributed by atoms with Crippen molar-refractivity contribution < 1.29 is 0 Å². The minimum Gasteiger partial charge on any atom is -0.320 e. The molecule has 17 heavy (non-hydrogen) atoms. The van der Waals surface area contributed by atoms with Crippen LogP contribution in [0.1, 0.15) is 34.7 Å². The van der Waals surface area contributed by atoms with Crippen LogP contribution in [0, 0.1) is 20.8 Å². The van der Waals surface area contributed by atoms with Crippen molar-refractivity contribution in [2.45, 2.75) is 33.2 Å². The fourth-order valence-electron chi connectivity index (χ4n) is 2.31. The highest BCUT2D eigenvalue weighted by Crippen LogP contribution is 2.28. The summed E-state index contributed by atoms with van der Waals surface area (Å²) in [7, 11) is 6.34. The van der Waals surface area contributed by atoms with E-state index in [9.17, 15) is 0 Å². The van der Waals surface area contributed by atoms with Gasteiger partial charge in [-0.2, -0.15) is 0 Å². The van der Waals surface area contributed by atoms with E-state index in [1.54, 1.807) is 0 Å². The summed E-state index contributed by atoms with van der Waals surface area (Å²) < 4.78 is 0. The molecule has 1 N–H and O–H groups in total. The van der Waals surface area contributed by atoms with E-state index in [1.807, 2.05) is 7.05 Å². The third kappa shape index (κ3) is 3.30. The molecular formula is C15H26N2. The molecule has 0 radical (unpaired) electrons. The average molecular weight is 234 g/mol. The molecule has 0 fully saturated rings. The third-order valence-electron chi connectivity index (χ3n) is 3.75. The quantitative estimate of drug-likeness (QED) is 0.843. The molecule has 1 rings (SSSR count). The van der Waals surface area contributed by atoms with E-state index >= 15 is 0 Å². The summed E-state index contributed by atoms with van der Waals surface area (Å²) in [6.45, 7) is 7.70. The second-order valence-corrected chi connectivity index (χ2v) is 5.09. The Kier molecular flexibility index (Phi) is 5.16. The Labute approximate surface area is 106 Å². The first-order valence-electron chi connectivity index (χ1n) is 6.36. The fourth-order valence-corrected chi connectivity index (χ4v) is 2.31. The minimum absolute atomic E-state index is 0.502. The van der Waals surface area contributed by atoms with Gasteiger partial charge < -0.3 is 10.2 Å². The van der Waals surface area contributed by atoms with Crippen molar-refractivity contribution in [3.63, 3.8) is 0 Å². The summed E-state index contributed by atoms with van der Waals surface area (Å²) in [5.74, 6) is 0. The monoisotopic (exact) mass is 234 g/mol. The van der Waals surface area contributed by atoms with Crippen molar-refractivity contribution in [3.8, 4) is 0 Å². The standard InChI is InChI=1S/C15H26N2/c1-11-7-8-14(13(3)12(11)2)15(17(5)6)9-10-16-4/h7-8,15-16H,9-10H2,1-6H3. The highest BCUT2D eigenvalue weighted by molar-refractivity contribution is 5.40. The smallest absolute Gasteiger partial charge is 0.0356 e. The SMILES string of the molecule is CNCCC(c1ccc(C)c(C)c1C)N(C)C. The van der Waals surface area contributed by atoms with E-state index in [0.29, 0.717) is 6.04 Å². The normalized spacial score (nSPS) is 13.1. The lowest BCUT2D eigenvalue weighted by Crippen LogP contribution is -2.24. The molecule has 2 heteroatoms. The van der Waals surface area contributed by atoms with Crippen molar-refractivity contribution in [2.24, 2.45) is 0 Å². The van der Waals surface area contributed by atoms with Crippen molar-refractivity contribution in [1.29, 1.82) is 0 Å². The van der Waals surface area contributed by atoms with Gasteiger partial charge >= 0.3 is 0 Å². The van der Waals surface area contributed by atoms with Crippen molar-refractivity contribution in [2.75, 3.05) is 27.7 Å². The Hall–Kier alpha value is -0.860. The van der Waals surface area contributed by atoms with Crippen LogP contribution in [0.2, 0.25) is 0 Å². The zero-order valence-electron chi connectivity index (χ0n) is 12.1. The minimum atomic E-state index is 0.502. The van der Waals surface area contributed by atoms with Crippen LogP contribution < -0.4 is 5.32 Å². The summed E-state index contributed by atoms with van der Waals surface area (Å²) in [6.07, 6.45) is 1.15. The van der Waals surface area contributed by atoms with Crippen LogP contribution in [0.4, 0.5) is 0 Å². The van der Waals surface area contributed by atoms with Gasteiger partial charge in [0.1, 0.15) is 0 Å². The van der Waals surface area contributed by atoms with Gasteiger partial charge in [0.15, 0.2) is 0 Å². The van der Waals surface area contributed by atoms with Gasteiger partial charge in [0.25, 0.3) is 0 Å². The molecule has 1 atom stereocenters. The number of benzene rings is 1. The number of aryl methyl sites for hydroxylation is 1. The van der Waals surface area contributed by atoms with Crippen LogP contribution >= 0.6 is 0 Å². The molecule has 0 bridgehead atoms. The van der Waals surface area contributed by atoms with Crippen LogP contribution in [0.15, 0.2) is 12.1 Å². The summed E-state index contributed by atoms with van der Waals surface area (Å²) in [6, 6.07) is 5.03. The molecule has 2 nitrogen and oxygen atoms in total. The van der Waals surface area contributed by atoms with Gasteiger partial charge in [-0.25, -0.2) is 0 Å². The molecule has 1 aromatic rings. The lowest BCUT2D eigenvalue weighted by atomic mass is 9.92. The average Bonchev–Trinajstić information content (AvgIpc) is 2.28. The van der Waals surface area contributed by atoms with Crippen molar-refractivity contribution in [3.05, 3.63) is 34.4 Å². The molecule has 0 aliphatic carbocycles. The molecule has 0 heterocycles. The van der Waals surface area contributed by atoms with Crippen molar-refractivity contribution in [1.82, 2.24) is 10.2 Å². The second-order valence-electron chi connectivity index (χ2n) is 5.09. The molecule has 0 aliphatic heterocycles. The Morgan fingerprint density at radius 2 is 1.76 bits per heavy atom. The van der Waals surface area contributed by atoms with Crippen molar-refractivity contribution >= 4 is 0 Å². The first-order chi connectivity index (χ1) is 7.99. The van der Waals surface area contributed by atoms with Gasteiger partial charge in [-0.05, 0) is 77.1 Å². The molecular weight excluding hydrogens is 208 g/mol. The molecule has 96 valence electrons. The zero-order chi connectivity index (χ0) is 13.0. The molecule has 0 aromatic heterocycles. The lowest BCUT2D eigenvalue weighted by molar-refractivity contribution is 0.282. The van der Waals surface area contributed by atoms with Crippen LogP contribution in [-0.2, 0) is 0 Å². The van der Waals surface area contributed by atoms with E-state index in [0.717, 1.165) is 13.0 Å². The molecule has 1 aromatic carbocycles. The van der Waals surface area contributed by atoms with Gasteiger partial charge in [0.05, 0.1) is 0 Å². The molecule has 0 spiro atoms. The van der Waals surface area contributed by atoms with Gasteiger partial charge in [0, 0.05) is 6.04 Å². The Morgan fingerprint density at radius 3 is 2.29 bits per heavy atom. The molecule has 0 saturated carbocycles. The van der Waals surface area contributed by atoms with Crippen LogP contribution in [-0.4, -0.2) is 32.6 Å². The molecule has 0 saturated heterocycles.